The van der Waals surface area contributed by atoms with Gasteiger partial charge in [-0.3, -0.25) is 0 Å². The quantitative estimate of drug-likeness (QED) is 0.525. The third kappa shape index (κ3) is 1.54. The van der Waals surface area contributed by atoms with Crippen LogP contribution in [0.15, 0.2) is 30.3 Å². The van der Waals surface area contributed by atoms with Crippen molar-refractivity contribution in [3.05, 3.63) is 35.9 Å². The molecule has 0 unspecified atom stereocenters. The summed E-state index contributed by atoms with van der Waals surface area (Å²) in [5.74, 6) is 0. The Labute approximate surface area is 58.8 Å². The van der Waals surface area contributed by atoms with Crippen molar-refractivity contribution >= 4 is 16.8 Å². The van der Waals surface area contributed by atoms with Gasteiger partial charge in [0.1, 0.15) is 0 Å². The fraction of sp³-hybridized carbons (Fsp3) is 0. The fourth-order valence-electron chi connectivity index (χ4n) is 0.576. The number of benzene rings is 1. The van der Waals surface area contributed by atoms with Gasteiger partial charge in [0, 0.05) is 5.56 Å². The molecule has 2 heteroatoms. The fourth-order valence-corrected chi connectivity index (χ4v) is 0.702. The van der Waals surface area contributed by atoms with E-state index in [1.165, 1.54) is 0 Å². The van der Waals surface area contributed by atoms with Crippen molar-refractivity contribution in [2.24, 2.45) is 0 Å². The summed E-state index contributed by atoms with van der Waals surface area (Å²) in [5, 5.41) is 8.55. The number of hydrogen-bond acceptors (Lipinski definition) is 0. The third-order valence-corrected chi connectivity index (χ3v) is 1.23. The van der Waals surface area contributed by atoms with Gasteiger partial charge in [-0.25, -0.2) is 0 Å². The molecule has 0 fully saturated rings. The Bertz CT molecular complexity index is 205. The molecule has 0 aliphatic heterocycles. The topological polar surface area (TPSA) is 22.3 Å². The highest BCUT2D eigenvalue weighted by atomic mass is 35.5. The standard InChI is InChI=1S/C7H5ClN/c8-7(9)6-4-2-1-3-5-6/h1-5H. The SMILES string of the molecule is [N]=C(Cl)c1ccccc1. The molecule has 0 aromatic heterocycles. The minimum absolute atomic E-state index is 0.157. The molecule has 0 aliphatic rings. The Hall–Kier alpha value is -0.820. The molecule has 0 saturated heterocycles. The van der Waals surface area contributed by atoms with Crippen LogP contribution in [0.25, 0.3) is 0 Å². The van der Waals surface area contributed by atoms with E-state index in [0.29, 0.717) is 5.56 Å². The van der Waals surface area contributed by atoms with Crippen LogP contribution in [0, 0.1) is 0 Å². The summed E-state index contributed by atoms with van der Waals surface area (Å²) in [6.45, 7) is 0. The van der Waals surface area contributed by atoms with Crippen molar-refractivity contribution in [1.29, 1.82) is 0 Å². The second kappa shape index (κ2) is 2.65. The van der Waals surface area contributed by atoms with E-state index in [9.17, 15) is 0 Å². The second-order valence-corrected chi connectivity index (χ2v) is 2.01. The van der Waals surface area contributed by atoms with Gasteiger partial charge < -0.3 is 0 Å². The Morgan fingerprint density at radius 3 is 2.11 bits per heavy atom. The molecule has 1 aromatic carbocycles. The average Bonchev–Trinajstić information content (AvgIpc) is 1.90. The van der Waals surface area contributed by atoms with Crippen LogP contribution >= 0.6 is 11.6 Å². The smallest absolute Gasteiger partial charge is 0.136 e. The van der Waals surface area contributed by atoms with E-state index in [0.717, 1.165) is 0 Å². The Morgan fingerprint density at radius 2 is 1.78 bits per heavy atom. The molecule has 0 atom stereocenters. The van der Waals surface area contributed by atoms with Crippen LogP contribution in [0.4, 0.5) is 0 Å². The summed E-state index contributed by atoms with van der Waals surface area (Å²) >= 11 is 5.28. The first-order chi connectivity index (χ1) is 4.30. The van der Waals surface area contributed by atoms with Gasteiger partial charge in [0.15, 0.2) is 5.17 Å². The molecule has 0 bridgehead atoms. The summed E-state index contributed by atoms with van der Waals surface area (Å²) in [7, 11) is 0. The highest BCUT2D eigenvalue weighted by Gasteiger charge is 1.92. The molecule has 1 nitrogen and oxygen atoms in total. The molecular formula is C7H5ClN. The van der Waals surface area contributed by atoms with Gasteiger partial charge >= 0.3 is 0 Å². The summed E-state index contributed by atoms with van der Waals surface area (Å²) in [4.78, 5) is 0. The van der Waals surface area contributed by atoms with Gasteiger partial charge in [0.05, 0.1) is 0 Å². The zero-order valence-electron chi connectivity index (χ0n) is 4.71. The predicted octanol–water partition coefficient (Wildman–Crippen LogP) is 1.47. The van der Waals surface area contributed by atoms with Gasteiger partial charge in [-0.05, 0) is 0 Å². The molecule has 9 heavy (non-hydrogen) atoms. The van der Waals surface area contributed by atoms with Crippen molar-refractivity contribution in [2.75, 3.05) is 0 Å². The van der Waals surface area contributed by atoms with E-state index in [1.54, 1.807) is 12.1 Å². The zero-order valence-corrected chi connectivity index (χ0v) is 5.47. The van der Waals surface area contributed by atoms with Crippen LogP contribution in [-0.2, 0) is 0 Å². The first kappa shape index (κ1) is 6.30. The van der Waals surface area contributed by atoms with Crippen LogP contribution in [0.2, 0.25) is 0 Å². The van der Waals surface area contributed by atoms with Gasteiger partial charge in [-0.1, -0.05) is 41.9 Å². The highest BCUT2D eigenvalue weighted by Crippen LogP contribution is 2.00. The number of hydrogen-bond donors (Lipinski definition) is 0. The van der Waals surface area contributed by atoms with Gasteiger partial charge in [-0.15, -0.1) is 5.41 Å². The van der Waals surface area contributed by atoms with E-state index >= 15 is 0 Å². The number of halogens is 1. The second-order valence-electron chi connectivity index (χ2n) is 1.66. The van der Waals surface area contributed by atoms with Gasteiger partial charge in [0.25, 0.3) is 0 Å². The average molecular weight is 139 g/mol. The number of rotatable bonds is 1. The largest absolute Gasteiger partial charge is 0.158 e. The summed E-state index contributed by atoms with van der Waals surface area (Å²) in [6.07, 6.45) is 0. The first-order valence-electron chi connectivity index (χ1n) is 2.57. The lowest BCUT2D eigenvalue weighted by Crippen LogP contribution is -1.88. The van der Waals surface area contributed by atoms with Crippen molar-refractivity contribution in [1.82, 2.24) is 5.41 Å². The van der Waals surface area contributed by atoms with Crippen molar-refractivity contribution in [3.8, 4) is 0 Å². The van der Waals surface area contributed by atoms with E-state index in [-0.39, 0.29) is 5.17 Å². The third-order valence-electron chi connectivity index (χ3n) is 1.01. The summed E-state index contributed by atoms with van der Waals surface area (Å²) in [5.41, 5.74) is 0.652. The normalized spacial score (nSPS) is 9.00. The van der Waals surface area contributed by atoms with E-state index in [2.05, 4.69) is 0 Å². The first-order valence-corrected chi connectivity index (χ1v) is 2.95. The molecule has 0 amide bonds. The van der Waals surface area contributed by atoms with Crippen LogP contribution in [0.3, 0.4) is 0 Å². The van der Waals surface area contributed by atoms with Gasteiger partial charge in [-0.2, -0.15) is 0 Å². The molecular weight excluding hydrogens is 134 g/mol. The molecule has 1 radical (unpaired) electrons. The molecule has 1 rings (SSSR count). The van der Waals surface area contributed by atoms with E-state index in [1.807, 2.05) is 18.2 Å². The van der Waals surface area contributed by atoms with E-state index in [4.69, 9.17) is 17.0 Å². The Balaban J connectivity index is 2.98. The molecule has 1 aromatic rings. The lowest BCUT2D eigenvalue weighted by Gasteiger charge is -1.89. The van der Waals surface area contributed by atoms with Crippen LogP contribution in [-0.4, -0.2) is 5.17 Å². The van der Waals surface area contributed by atoms with Crippen molar-refractivity contribution in [2.45, 2.75) is 0 Å². The predicted molar refractivity (Wildman–Crippen MR) is 38.5 cm³/mol. The van der Waals surface area contributed by atoms with E-state index < -0.39 is 0 Å². The minimum Gasteiger partial charge on any atom is -0.136 e. The van der Waals surface area contributed by atoms with Crippen LogP contribution < -0.4 is 5.41 Å². The lowest BCUT2D eigenvalue weighted by molar-refractivity contribution is 1.65. The highest BCUT2D eigenvalue weighted by molar-refractivity contribution is 6.69. The zero-order chi connectivity index (χ0) is 6.69. The van der Waals surface area contributed by atoms with Crippen LogP contribution in [0.5, 0.6) is 0 Å². The maximum Gasteiger partial charge on any atom is 0.158 e. The summed E-state index contributed by atoms with van der Waals surface area (Å²) in [6, 6.07) is 8.97. The van der Waals surface area contributed by atoms with Gasteiger partial charge in [0.2, 0.25) is 0 Å². The van der Waals surface area contributed by atoms with Crippen molar-refractivity contribution in [3.63, 3.8) is 0 Å². The monoisotopic (exact) mass is 138 g/mol. The van der Waals surface area contributed by atoms with Crippen molar-refractivity contribution < 1.29 is 0 Å². The molecule has 0 aliphatic carbocycles. The van der Waals surface area contributed by atoms with Crippen LogP contribution in [0.1, 0.15) is 5.56 Å². The lowest BCUT2D eigenvalue weighted by atomic mass is 10.2. The molecule has 0 heterocycles. The molecule has 0 N–H and O–H groups in total. The Kier molecular flexibility index (Phi) is 1.85. The molecule has 0 saturated carbocycles. The molecule has 0 spiro atoms. The molecule has 45 valence electrons. The maximum atomic E-state index is 8.71. The summed E-state index contributed by atoms with van der Waals surface area (Å²) < 4.78 is 0. The number of nitrogens with zero attached hydrogens (tertiary/aromatic N) is 1. The maximum absolute atomic E-state index is 8.71. The Morgan fingerprint density at radius 1 is 1.22 bits per heavy atom. The minimum atomic E-state index is -0.157.